The van der Waals surface area contributed by atoms with E-state index in [1.807, 2.05) is 31.2 Å². The van der Waals surface area contributed by atoms with E-state index in [-0.39, 0.29) is 23.0 Å². The van der Waals surface area contributed by atoms with Gasteiger partial charge in [-0.1, -0.05) is 30.3 Å². The average Bonchev–Trinajstić information content (AvgIpc) is 3.65. The smallest absolute Gasteiger partial charge is 0.416 e. The number of furan rings is 1. The van der Waals surface area contributed by atoms with Crippen LogP contribution >= 0.6 is 0 Å². The van der Waals surface area contributed by atoms with Crippen LogP contribution in [-0.4, -0.2) is 54.6 Å². The number of ether oxygens (including phenoxy) is 1. The average molecular weight is 742 g/mol. The summed E-state index contributed by atoms with van der Waals surface area (Å²) in [5.41, 5.74) is 0.727. The quantitative estimate of drug-likeness (QED) is 0.102. The van der Waals surface area contributed by atoms with Crippen LogP contribution in [-0.2, 0) is 28.9 Å². The monoisotopic (exact) mass is 741 g/mol. The number of nitrogens with zero attached hydrogens (tertiary/aromatic N) is 5. The van der Waals surface area contributed by atoms with Crippen LogP contribution in [0, 0.1) is 16.7 Å². The molecular formula is C41H42F3N5O5. The van der Waals surface area contributed by atoms with Crippen molar-refractivity contribution in [3.63, 3.8) is 0 Å². The van der Waals surface area contributed by atoms with Crippen molar-refractivity contribution < 1.29 is 31.9 Å². The predicted octanol–water partition coefficient (Wildman–Crippen LogP) is 7.50. The molecule has 1 aliphatic rings. The number of benzene rings is 3. The Labute approximate surface area is 311 Å². The fourth-order valence-corrected chi connectivity index (χ4v) is 6.21. The van der Waals surface area contributed by atoms with Crippen molar-refractivity contribution in [3.8, 4) is 11.8 Å². The number of amides is 2. The van der Waals surface area contributed by atoms with Crippen LogP contribution in [0.1, 0.15) is 43.9 Å². The second-order valence-corrected chi connectivity index (χ2v) is 13.4. The molecule has 13 heteroatoms. The SMILES string of the molecule is CCN1C(=O)C(C)(C)C(=O)N(C)c2cc(OCCCN(CCn3ccc4ccoc4c3=O)Cc3ccc(C(F)(F)F)cc3)ccc21.N#Cc1ccccc1. The van der Waals surface area contributed by atoms with E-state index in [1.54, 1.807) is 79.0 Å². The van der Waals surface area contributed by atoms with Gasteiger partial charge in [0.05, 0.1) is 41.4 Å². The lowest BCUT2D eigenvalue weighted by molar-refractivity contribution is -0.138. The van der Waals surface area contributed by atoms with Crippen molar-refractivity contribution in [2.75, 3.05) is 43.1 Å². The number of carbonyl (C=O) groups excluding carboxylic acids is 2. The maximum Gasteiger partial charge on any atom is 0.416 e. The van der Waals surface area contributed by atoms with Crippen LogP contribution in [0.25, 0.3) is 11.0 Å². The summed E-state index contributed by atoms with van der Waals surface area (Å²) in [5, 5.41) is 9.00. The van der Waals surface area contributed by atoms with Crippen molar-refractivity contribution in [2.45, 2.75) is 46.5 Å². The Kier molecular flexibility index (Phi) is 12.3. The zero-order valence-corrected chi connectivity index (χ0v) is 30.6. The third-order valence-electron chi connectivity index (χ3n) is 9.25. The molecule has 0 saturated carbocycles. The van der Waals surface area contributed by atoms with Gasteiger partial charge in [-0.2, -0.15) is 18.4 Å². The number of rotatable bonds is 11. The number of hydrogen-bond donors (Lipinski definition) is 0. The number of anilines is 2. The van der Waals surface area contributed by atoms with Crippen LogP contribution in [0.5, 0.6) is 5.75 Å². The summed E-state index contributed by atoms with van der Waals surface area (Å²) < 4.78 is 52.3. The number of nitriles is 1. The molecule has 282 valence electrons. The molecule has 10 nitrogen and oxygen atoms in total. The highest BCUT2D eigenvalue weighted by atomic mass is 19.4. The molecule has 0 aliphatic carbocycles. The molecule has 0 N–H and O–H groups in total. The molecule has 0 spiro atoms. The van der Waals surface area contributed by atoms with Gasteiger partial charge in [0, 0.05) is 57.4 Å². The van der Waals surface area contributed by atoms with Gasteiger partial charge in [-0.3, -0.25) is 19.3 Å². The first-order chi connectivity index (χ1) is 25.7. The van der Waals surface area contributed by atoms with E-state index < -0.39 is 17.2 Å². The lowest BCUT2D eigenvalue weighted by atomic mass is 9.90. The summed E-state index contributed by atoms with van der Waals surface area (Å²) in [6.07, 6.45) is -0.674. The second kappa shape index (κ2) is 16.9. The van der Waals surface area contributed by atoms with Gasteiger partial charge in [-0.05, 0) is 81.3 Å². The van der Waals surface area contributed by atoms with Crippen molar-refractivity contribution in [1.29, 1.82) is 5.26 Å². The van der Waals surface area contributed by atoms with Gasteiger partial charge < -0.3 is 23.5 Å². The van der Waals surface area contributed by atoms with Crippen LogP contribution in [0.15, 0.2) is 107 Å². The van der Waals surface area contributed by atoms with E-state index >= 15 is 0 Å². The highest BCUT2D eigenvalue weighted by molar-refractivity contribution is 6.20. The molecule has 54 heavy (non-hydrogen) atoms. The molecule has 0 unspecified atom stereocenters. The summed E-state index contributed by atoms with van der Waals surface area (Å²) in [7, 11) is 1.65. The Hall–Kier alpha value is -5.87. The third-order valence-corrected chi connectivity index (χ3v) is 9.25. The summed E-state index contributed by atoms with van der Waals surface area (Å²) >= 11 is 0. The Morgan fingerprint density at radius 2 is 1.63 bits per heavy atom. The van der Waals surface area contributed by atoms with E-state index in [0.717, 1.165) is 12.1 Å². The number of aromatic nitrogens is 1. The molecule has 3 heterocycles. The van der Waals surface area contributed by atoms with E-state index in [2.05, 4.69) is 4.90 Å². The van der Waals surface area contributed by atoms with Crippen LogP contribution in [0.4, 0.5) is 24.5 Å². The summed E-state index contributed by atoms with van der Waals surface area (Å²) in [5.74, 6) is -0.0380. The topological polar surface area (TPSA) is 112 Å². The standard InChI is InChI=1S/C34H37F3N4O5.C7H5N/c1-5-41-27-12-11-26(21-28(27)38(4)31(43)33(2,3)32(41)44)45-19-6-15-39(22-23-7-9-25(10-8-23)34(35,36)37)17-18-40-16-13-24-14-20-46-29(24)30(40)42;8-6-7-4-2-1-3-5-7/h7-14,16,20-21H,5-6,15,17-19,22H2,1-4H3;1-5H. The van der Waals surface area contributed by atoms with Gasteiger partial charge in [-0.15, -0.1) is 0 Å². The minimum absolute atomic E-state index is 0.251. The van der Waals surface area contributed by atoms with Crippen molar-refractivity contribution in [3.05, 3.63) is 124 Å². The summed E-state index contributed by atoms with van der Waals surface area (Å²) in [6, 6.07) is 25.1. The predicted molar refractivity (Wildman–Crippen MR) is 200 cm³/mol. The van der Waals surface area contributed by atoms with Crippen LogP contribution < -0.4 is 20.1 Å². The van der Waals surface area contributed by atoms with Gasteiger partial charge in [0.1, 0.15) is 11.2 Å². The Bertz CT molecular complexity index is 2170. The number of carbonyl (C=O) groups is 2. The van der Waals surface area contributed by atoms with Gasteiger partial charge >= 0.3 is 6.18 Å². The molecule has 6 rings (SSSR count). The maximum absolute atomic E-state index is 13.2. The molecule has 5 aromatic rings. The minimum Gasteiger partial charge on any atom is -0.493 e. The Balaban J connectivity index is 0.000000621. The van der Waals surface area contributed by atoms with Gasteiger partial charge in [0.15, 0.2) is 5.58 Å². The van der Waals surface area contributed by atoms with Crippen molar-refractivity contribution in [1.82, 2.24) is 9.47 Å². The van der Waals surface area contributed by atoms with Gasteiger partial charge in [0.25, 0.3) is 5.56 Å². The Morgan fingerprint density at radius 3 is 2.28 bits per heavy atom. The van der Waals surface area contributed by atoms with Gasteiger partial charge in [0.2, 0.25) is 11.8 Å². The molecule has 0 saturated heterocycles. The zero-order chi connectivity index (χ0) is 39.0. The summed E-state index contributed by atoms with van der Waals surface area (Å²) in [4.78, 5) is 44.3. The molecule has 2 aromatic heterocycles. The lowest BCUT2D eigenvalue weighted by Crippen LogP contribution is -2.47. The fourth-order valence-electron chi connectivity index (χ4n) is 6.21. The van der Waals surface area contributed by atoms with E-state index in [1.165, 1.54) is 23.3 Å². The second-order valence-electron chi connectivity index (χ2n) is 13.4. The molecule has 0 radical (unpaired) electrons. The highest BCUT2D eigenvalue weighted by Gasteiger charge is 2.45. The first-order valence-corrected chi connectivity index (χ1v) is 17.5. The van der Waals surface area contributed by atoms with Crippen molar-refractivity contribution >= 4 is 34.2 Å². The normalized spacial score (nSPS) is 14.0. The Morgan fingerprint density at radius 1 is 0.907 bits per heavy atom. The minimum atomic E-state index is -4.42. The van der Waals surface area contributed by atoms with Crippen LogP contribution in [0.2, 0.25) is 0 Å². The number of alkyl halides is 3. The maximum atomic E-state index is 13.2. The van der Waals surface area contributed by atoms with Crippen molar-refractivity contribution in [2.24, 2.45) is 5.41 Å². The van der Waals surface area contributed by atoms with E-state index in [9.17, 15) is 27.6 Å². The molecule has 0 atom stereocenters. The largest absolute Gasteiger partial charge is 0.493 e. The molecule has 2 amide bonds. The molecule has 1 aliphatic heterocycles. The third kappa shape index (κ3) is 9.01. The highest BCUT2D eigenvalue weighted by Crippen LogP contribution is 2.40. The number of pyridine rings is 1. The molecule has 0 bridgehead atoms. The van der Waals surface area contributed by atoms with Crippen LogP contribution in [0.3, 0.4) is 0 Å². The van der Waals surface area contributed by atoms with Gasteiger partial charge in [-0.25, -0.2) is 0 Å². The first-order valence-electron chi connectivity index (χ1n) is 17.5. The summed E-state index contributed by atoms with van der Waals surface area (Å²) in [6.45, 7) is 7.56. The number of fused-ring (bicyclic) bond motifs is 2. The van der Waals surface area contributed by atoms with E-state index in [4.69, 9.17) is 14.4 Å². The number of halogens is 3. The molecule has 0 fully saturated rings. The molecule has 3 aromatic carbocycles. The van der Waals surface area contributed by atoms with E-state index in [0.29, 0.717) is 79.4 Å². The zero-order valence-electron chi connectivity index (χ0n) is 30.6. The molecular weight excluding hydrogens is 699 g/mol. The first kappa shape index (κ1) is 39.3. The number of hydrogen-bond acceptors (Lipinski definition) is 7. The fraction of sp³-hybridized carbons (Fsp3) is 0.317. The lowest BCUT2D eigenvalue weighted by Gasteiger charge is -2.27.